The van der Waals surface area contributed by atoms with Crippen LogP contribution in [0.5, 0.6) is 11.5 Å². The Morgan fingerprint density at radius 1 is 1.19 bits per heavy atom. The minimum Gasteiger partial charge on any atom is -0.454 e. The third-order valence-corrected chi connectivity index (χ3v) is 3.70. The monoisotopic (exact) mass is 320 g/mol. The van der Waals surface area contributed by atoms with Gasteiger partial charge in [-0.05, 0) is 35.9 Å². The van der Waals surface area contributed by atoms with Gasteiger partial charge < -0.3 is 20.5 Å². The molecule has 0 aromatic heterocycles. The summed E-state index contributed by atoms with van der Waals surface area (Å²) in [6, 6.07) is 11.4. The van der Waals surface area contributed by atoms with Crippen LogP contribution in [0.3, 0.4) is 0 Å². The molecule has 0 unspecified atom stereocenters. The Kier molecular flexibility index (Phi) is 3.86. The molecule has 1 aliphatic rings. The molecule has 0 saturated heterocycles. The third kappa shape index (κ3) is 3.04. The van der Waals surface area contributed by atoms with Gasteiger partial charge in [-0.1, -0.05) is 29.9 Å². The Labute approximate surface area is 132 Å². The van der Waals surface area contributed by atoms with Crippen LogP contribution < -0.4 is 20.5 Å². The molecule has 0 amide bonds. The maximum atomic E-state index is 6.14. The first kappa shape index (κ1) is 14.0. The second kappa shape index (κ2) is 5.79. The van der Waals surface area contributed by atoms with E-state index in [-0.39, 0.29) is 6.79 Å². The molecule has 4 nitrogen and oxygen atoms in total. The van der Waals surface area contributed by atoms with Crippen molar-refractivity contribution in [3.63, 3.8) is 0 Å². The summed E-state index contributed by atoms with van der Waals surface area (Å²) in [4.78, 5) is 0.294. The normalized spacial score (nSPS) is 12.2. The van der Waals surface area contributed by atoms with E-state index >= 15 is 0 Å². The molecule has 0 saturated carbocycles. The number of nitrogens with one attached hydrogen (secondary N) is 1. The average molecular weight is 321 g/mol. The van der Waals surface area contributed by atoms with Crippen molar-refractivity contribution in [3.8, 4) is 11.5 Å². The SMILES string of the molecule is NC(=S)c1ccc(NCc2ccc3c(c2)OCO3)cc1Cl. The molecular formula is C15H13ClN2O2S. The molecule has 108 valence electrons. The number of rotatable bonds is 4. The molecule has 0 aliphatic carbocycles. The molecule has 0 fully saturated rings. The van der Waals surface area contributed by atoms with Crippen molar-refractivity contribution < 1.29 is 9.47 Å². The predicted octanol–water partition coefficient (Wildman–Crippen LogP) is 3.32. The fourth-order valence-corrected chi connectivity index (χ4v) is 2.60. The summed E-state index contributed by atoms with van der Waals surface area (Å²) in [6.07, 6.45) is 0. The van der Waals surface area contributed by atoms with E-state index in [0.717, 1.165) is 22.7 Å². The number of nitrogens with two attached hydrogens (primary N) is 1. The summed E-state index contributed by atoms with van der Waals surface area (Å²) >= 11 is 11.1. The smallest absolute Gasteiger partial charge is 0.231 e. The van der Waals surface area contributed by atoms with Crippen molar-refractivity contribution in [2.75, 3.05) is 12.1 Å². The largest absolute Gasteiger partial charge is 0.454 e. The lowest BCUT2D eigenvalue weighted by Gasteiger charge is -2.09. The molecule has 0 spiro atoms. The van der Waals surface area contributed by atoms with E-state index in [4.69, 9.17) is 39.0 Å². The van der Waals surface area contributed by atoms with E-state index in [1.807, 2.05) is 36.4 Å². The molecule has 2 aromatic rings. The highest BCUT2D eigenvalue weighted by atomic mass is 35.5. The zero-order chi connectivity index (χ0) is 14.8. The second-order valence-electron chi connectivity index (χ2n) is 4.60. The summed E-state index contributed by atoms with van der Waals surface area (Å²) in [7, 11) is 0. The first-order chi connectivity index (χ1) is 10.1. The molecule has 21 heavy (non-hydrogen) atoms. The Bertz CT molecular complexity index is 706. The molecule has 2 aromatic carbocycles. The lowest BCUT2D eigenvalue weighted by Crippen LogP contribution is -2.10. The van der Waals surface area contributed by atoms with Gasteiger partial charge >= 0.3 is 0 Å². The molecule has 0 atom stereocenters. The van der Waals surface area contributed by atoms with E-state index in [1.165, 1.54) is 0 Å². The number of fused-ring (bicyclic) bond motifs is 1. The van der Waals surface area contributed by atoms with Gasteiger partial charge in [0.15, 0.2) is 11.5 Å². The van der Waals surface area contributed by atoms with Gasteiger partial charge in [0.05, 0.1) is 5.02 Å². The van der Waals surface area contributed by atoms with Gasteiger partial charge in [-0.25, -0.2) is 0 Å². The van der Waals surface area contributed by atoms with Gasteiger partial charge in [0.1, 0.15) is 4.99 Å². The van der Waals surface area contributed by atoms with Crippen LogP contribution in [0.1, 0.15) is 11.1 Å². The fraction of sp³-hybridized carbons (Fsp3) is 0.133. The van der Waals surface area contributed by atoms with Crippen LogP contribution in [0.25, 0.3) is 0 Å². The second-order valence-corrected chi connectivity index (χ2v) is 5.45. The van der Waals surface area contributed by atoms with Crippen molar-refractivity contribution in [1.29, 1.82) is 0 Å². The molecular weight excluding hydrogens is 308 g/mol. The number of hydrogen-bond donors (Lipinski definition) is 2. The fourth-order valence-electron chi connectivity index (χ4n) is 2.08. The van der Waals surface area contributed by atoms with Crippen LogP contribution in [0.15, 0.2) is 36.4 Å². The Balaban J connectivity index is 1.70. The Hall–Kier alpha value is -1.98. The van der Waals surface area contributed by atoms with Crippen molar-refractivity contribution in [2.45, 2.75) is 6.54 Å². The first-order valence-electron chi connectivity index (χ1n) is 6.35. The molecule has 6 heteroatoms. The molecule has 1 heterocycles. The van der Waals surface area contributed by atoms with Crippen LogP contribution in [-0.4, -0.2) is 11.8 Å². The van der Waals surface area contributed by atoms with E-state index in [2.05, 4.69) is 5.32 Å². The van der Waals surface area contributed by atoms with Crippen molar-refractivity contribution >= 4 is 34.5 Å². The van der Waals surface area contributed by atoms with Gasteiger partial charge in [0.2, 0.25) is 6.79 Å². The zero-order valence-corrected chi connectivity index (χ0v) is 12.6. The third-order valence-electron chi connectivity index (χ3n) is 3.17. The van der Waals surface area contributed by atoms with Gasteiger partial charge in [-0.15, -0.1) is 0 Å². The molecule has 0 radical (unpaired) electrons. The highest BCUT2D eigenvalue weighted by molar-refractivity contribution is 7.80. The first-order valence-corrected chi connectivity index (χ1v) is 7.14. The van der Waals surface area contributed by atoms with Crippen LogP contribution in [0.2, 0.25) is 5.02 Å². The minimum atomic E-state index is 0.280. The molecule has 3 rings (SSSR count). The van der Waals surface area contributed by atoms with Crippen molar-refractivity contribution in [3.05, 3.63) is 52.5 Å². The Morgan fingerprint density at radius 3 is 2.76 bits per heavy atom. The lowest BCUT2D eigenvalue weighted by molar-refractivity contribution is 0.174. The summed E-state index contributed by atoms with van der Waals surface area (Å²) in [6.45, 7) is 0.932. The number of halogens is 1. The molecule has 1 aliphatic heterocycles. The maximum Gasteiger partial charge on any atom is 0.231 e. The molecule has 3 N–H and O–H groups in total. The van der Waals surface area contributed by atoms with Gasteiger partial charge in [-0.2, -0.15) is 0 Å². The summed E-state index contributed by atoms with van der Waals surface area (Å²) in [5.74, 6) is 1.55. The number of thiocarbonyl (C=S) groups is 1. The Morgan fingerprint density at radius 2 is 2.00 bits per heavy atom. The number of hydrogen-bond acceptors (Lipinski definition) is 4. The highest BCUT2D eigenvalue weighted by Gasteiger charge is 2.13. The van der Waals surface area contributed by atoms with E-state index in [1.54, 1.807) is 0 Å². The standard InChI is InChI=1S/C15H13ClN2O2S/c16-12-6-10(2-3-11(12)15(17)21)18-7-9-1-4-13-14(5-9)20-8-19-13/h1-6,18H,7-8H2,(H2,17,21). The van der Waals surface area contributed by atoms with Crippen LogP contribution in [0, 0.1) is 0 Å². The zero-order valence-electron chi connectivity index (χ0n) is 11.1. The summed E-state index contributed by atoms with van der Waals surface area (Å²) in [5.41, 5.74) is 8.26. The van der Waals surface area contributed by atoms with Crippen LogP contribution in [0.4, 0.5) is 5.69 Å². The van der Waals surface area contributed by atoms with Gasteiger partial charge in [-0.3, -0.25) is 0 Å². The van der Waals surface area contributed by atoms with Crippen molar-refractivity contribution in [2.24, 2.45) is 5.73 Å². The summed E-state index contributed by atoms with van der Waals surface area (Å²) in [5, 5.41) is 3.83. The predicted molar refractivity (Wildman–Crippen MR) is 87.2 cm³/mol. The van der Waals surface area contributed by atoms with Crippen LogP contribution >= 0.6 is 23.8 Å². The van der Waals surface area contributed by atoms with Gasteiger partial charge in [0, 0.05) is 17.8 Å². The lowest BCUT2D eigenvalue weighted by atomic mass is 10.1. The maximum absolute atomic E-state index is 6.14. The summed E-state index contributed by atoms with van der Waals surface area (Å²) < 4.78 is 10.6. The number of anilines is 1. The van der Waals surface area contributed by atoms with E-state index in [9.17, 15) is 0 Å². The minimum absolute atomic E-state index is 0.280. The van der Waals surface area contributed by atoms with Gasteiger partial charge in [0.25, 0.3) is 0 Å². The highest BCUT2D eigenvalue weighted by Crippen LogP contribution is 2.32. The van der Waals surface area contributed by atoms with Crippen LogP contribution in [-0.2, 0) is 6.54 Å². The quantitative estimate of drug-likeness (QED) is 0.846. The van der Waals surface area contributed by atoms with E-state index < -0.39 is 0 Å². The number of benzene rings is 2. The van der Waals surface area contributed by atoms with Crippen molar-refractivity contribution in [1.82, 2.24) is 0 Å². The number of ether oxygens (including phenoxy) is 2. The average Bonchev–Trinajstić information content (AvgIpc) is 2.92. The van der Waals surface area contributed by atoms with E-state index in [0.29, 0.717) is 22.1 Å². The topological polar surface area (TPSA) is 56.5 Å². The molecule has 0 bridgehead atoms.